The number of carbonyl (C=O) groups is 1. The van der Waals surface area contributed by atoms with E-state index >= 15 is 0 Å². The van der Waals surface area contributed by atoms with E-state index in [9.17, 15) is 4.79 Å². The molecule has 0 amide bonds. The number of aliphatic hydroxyl groups is 1. The van der Waals surface area contributed by atoms with E-state index in [1.807, 2.05) is 22.6 Å². The molecule has 0 bridgehead atoms. The lowest BCUT2D eigenvalue weighted by molar-refractivity contribution is -0.142. The van der Waals surface area contributed by atoms with E-state index in [-0.39, 0.29) is 6.61 Å². The Morgan fingerprint density at radius 2 is 2.36 bits per heavy atom. The molecule has 0 saturated carbocycles. The summed E-state index contributed by atoms with van der Waals surface area (Å²) in [5.74, 6) is -0.511. The second-order valence-electron chi connectivity index (χ2n) is 1.85. The third-order valence-corrected chi connectivity index (χ3v) is 1.26. The van der Waals surface area contributed by atoms with Gasteiger partial charge in [0.15, 0.2) is 6.04 Å². The minimum absolute atomic E-state index is 0.312. The molecule has 1 N–H and O–H groups in total. The summed E-state index contributed by atoms with van der Waals surface area (Å²) in [7, 11) is 1.27. The molecule has 0 spiro atoms. The third-order valence-electron chi connectivity index (χ3n) is 0.980. The molecule has 0 aromatic heterocycles. The van der Waals surface area contributed by atoms with Gasteiger partial charge in [-0.1, -0.05) is 0 Å². The van der Waals surface area contributed by atoms with Gasteiger partial charge in [0, 0.05) is 0 Å². The zero-order valence-corrected chi connectivity index (χ0v) is 8.53. The lowest BCUT2D eigenvalue weighted by atomic mass is 10.3. The van der Waals surface area contributed by atoms with Gasteiger partial charge >= 0.3 is 5.97 Å². The Hall–Kier alpha value is -0.170. The Morgan fingerprint density at radius 1 is 1.82 bits per heavy atom. The van der Waals surface area contributed by atoms with E-state index in [1.54, 1.807) is 6.92 Å². The van der Waals surface area contributed by atoms with Gasteiger partial charge in [0.1, 0.15) is 0 Å². The highest BCUT2D eigenvalue weighted by atomic mass is 127. The molecule has 0 aliphatic rings. The van der Waals surface area contributed by atoms with Gasteiger partial charge in [0.25, 0.3) is 0 Å². The van der Waals surface area contributed by atoms with E-state index in [0.29, 0.717) is 3.72 Å². The number of methoxy groups -OCH3 is 1. The fourth-order valence-electron chi connectivity index (χ4n) is 0.519. The van der Waals surface area contributed by atoms with Crippen molar-refractivity contribution in [1.29, 1.82) is 0 Å². The van der Waals surface area contributed by atoms with E-state index in [4.69, 9.17) is 5.11 Å². The number of aliphatic hydroxyl groups excluding tert-OH is 1. The molecule has 0 heterocycles. The van der Waals surface area contributed by atoms with Gasteiger partial charge in [-0.2, -0.15) is 0 Å². The minimum atomic E-state index is -0.767. The van der Waals surface area contributed by atoms with Crippen LogP contribution in [0.15, 0.2) is 4.99 Å². The molecule has 1 unspecified atom stereocenters. The van der Waals surface area contributed by atoms with Crippen LogP contribution in [0.2, 0.25) is 0 Å². The van der Waals surface area contributed by atoms with Gasteiger partial charge in [-0.3, -0.25) is 4.99 Å². The Morgan fingerprint density at radius 3 is 2.64 bits per heavy atom. The fourth-order valence-corrected chi connectivity index (χ4v) is 0.855. The quantitative estimate of drug-likeness (QED) is 0.458. The smallest absolute Gasteiger partial charge is 0.333 e. The molecular weight excluding hydrogens is 261 g/mol. The first kappa shape index (κ1) is 10.8. The van der Waals surface area contributed by atoms with Gasteiger partial charge in [-0.05, 0) is 29.5 Å². The van der Waals surface area contributed by atoms with Crippen molar-refractivity contribution >= 4 is 32.3 Å². The molecule has 0 aliphatic carbocycles. The topological polar surface area (TPSA) is 58.9 Å². The lowest BCUT2D eigenvalue weighted by Crippen LogP contribution is -2.24. The largest absolute Gasteiger partial charge is 0.467 e. The Kier molecular flexibility index (Phi) is 5.39. The van der Waals surface area contributed by atoms with Crippen LogP contribution in [0, 0.1) is 0 Å². The van der Waals surface area contributed by atoms with E-state index in [1.165, 1.54) is 7.11 Å². The second kappa shape index (κ2) is 5.48. The number of hydrogen-bond acceptors (Lipinski definition) is 4. The zero-order chi connectivity index (χ0) is 8.85. The molecule has 11 heavy (non-hydrogen) atoms. The number of carbonyl (C=O) groups excluding carboxylic acids is 1. The average Bonchev–Trinajstić information content (AvgIpc) is 1.98. The summed E-state index contributed by atoms with van der Waals surface area (Å²) in [6, 6.07) is -0.767. The molecule has 0 aromatic carbocycles. The standard InChI is InChI=1S/C6H10INO3/c1-4(7)8-5(3-9)6(10)11-2/h5,9H,3H2,1-2H3. The summed E-state index contributed by atoms with van der Waals surface area (Å²) in [5.41, 5.74) is 0. The highest BCUT2D eigenvalue weighted by Gasteiger charge is 2.15. The Labute approximate surface area is 78.8 Å². The summed E-state index contributed by atoms with van der Waals surface area (Å²) in [5, 5.41) is 8.67. The lowest BCUT2D eigenvalue weighted by Gasteiger charge is -2.05. The number of nitrogens with zero attached hydrogens (tertiary/aromatic N) is 1. The molecule has 4 nitrogen and oxygen atoms in total. The monoisotopic (exact) mass is 271 g/mol. The van der Waals surface area contributed by atoms with Crippen LogP contribution in [0.3, 0.4) is 0 Å². The fraction of sp³-hybridized carbons (Fsp3) is 0.667. The molecule has 0 saturated heterocycles. The minimum Gasteiger partial charge on any atom is -0.467 e. The molecule has 0 radical (unpaired) electrons. The molecule has 0 aliphatic heterocycles. The maximum Gasteiger partial charge on any atom is 0.333 e. The van der Waals surface area contributed by atoms with Crippen molar-refractivity contribution < 1.29 is 14.6 Å². The van der Waals surface area contributed by atoms with Crippen molar-refractivity contribution in [2.24, 2.45) is 4.99 Å². The number of hydrogen-bond donors (Lipinski definition) is 1. The van der Waals surface area contributed by atoms with Crippen molar-refractivity contribution in [2.75, 3.05) is 13.7 Å². The normalized spacial score (nSPS) is 14.4. The highest BCUT2D eigenvalue weighted by molar-refractivity contribution is 14.1. The summed E-state index contributed by atoms with van der Waals surface area (Å²) in [6.07, 6.45) is 0. The van der Waals surface area contributed by atoms with Crippen LogP contribution in [0.25, 0.3) is 0 Å². The van der Waals surface area contributed by atoms with Crippen LogP contribution in [-0.4, -0.2) is 34.6 Å². The molecular formula is C6H10INO3. The maximum absolute atomic E-state index is 10.8. The average molecular weight is 271 g/mol. The summed E-state index contributed by atoms with van der Waals surface area (Å²) >= 11 is 1.96. The van der Waals surface area contributed by atoms with Crippen LogP contribution < -0.4 is 0 Å². The number of rotatable bonds is 3. The van der Waals surface area contributed by atoms with E-state index in [2.05, 4.69) is 9.73 Å². The predicted molar refractivity (Wildman–Crippen MR) is 50.0 cm³/mol. The molecule has 0 fully saturated rings. The second-order valence-corrected chi connectivity index (χ2v) is 3.41. The number of halogens is 1. The van der Waals surface area contributed by atoms with Crippen LogP contribution in [0.4, 0.5) is 0 Å². The number of ether oxygens (including phenoxy) is 1. The molecule has 0 aromatic rings. The van der Waals surface area contributed by atoms with Gasteiger partial charge in [0.2, 0.25) is 0 Å². The highest BCUT2D eigenvalue weighted by Crippen LogP contribution is 1.98. The van der Waals surface area contributed by atoms with E-state index in [0.717, 1.165) is 0 Å². The molecule has 64 valence electrons. The van der Waals surface area contributed by atoms with Crippen molar-refractivity contribution in [2.45, 2.75) is 13.0 Å². The Bertz CT molecular complexity index is 165. The Balaban J connectivity index is 4.17. The third kappa shape index (κ3) is 4.31. The first-order valence-electron chi connectivity index (χ1n) is 3.00. The van der Waals surface area contributed by atoms with Crippen molar-refractivity contribution in [3.63, 3.8) is 0 Å². The predicted octanol–water partition coefficient (Wildman–Crippen LogP) is 0.374. The maximum atomic E-state index is 10.8. The molecule has 0 rings (SSSR count). The first-order chi connectivity index (χ1) is 5.11. The van der Waals surface area contributed by atoms with Crippen LogP contribution >= 0.6 is 22.6 Å². The molecule has 1 atom stereocenters. The van der Waals surface area contributed by atoms with Crippen LogP contribution in [0.5, 0.6) is 0 Å². The SMILES string of the molecule is COC(=O)C(CO)N=C(C)I. The van der Waals surface area contributed by atoms with Crippen molar-refractivity contribution in [1.82, 2.24) is 0 Å². The number of esters is 1. The van der Waals surface area contributed by atoms with E-state index < -0.39 is 12.0 Å². The van der Waals surface area contributed by atoms with Gasteiger partial charge in [-0.25, -0.2) is 4.79 Å². The summed E-state index contributed by atoms with van der Waals surface area (Å²) in [6.45, 7) is 1.43. The van der Waals surface area contributed by atoms with Gasteiger partial charge in [0.05, 0.1) is 17.4 Å². The summed E-state index contributed by atoms with van der Waals surface area (Å²) < 4.78 is 5.11. The number of aliphatic imine (C=N–C) groups is 1. The van der Waals surface area contributed by atoms with Crippen LogP contribution in [-0.2, 0) is 9.53 Å². The zero-order valence-electron chi connectivity index (χ0n) is 6.37. The summed E-state index contributed by atoms with van der Waals surface area (Å²) in [4.78, 5) is 14.6. The van der Waals surface area contributed by atoms with Crippen molar-refractivity contribution in [3.05, 3.63) is 0 Å². The van der Waals surface area contributed by atoms with Crippen molar-refractivity contribution in [3.8, 4) is 0 Å². The van der Waals surface area contributed by atoms with Crippen LogP contribution in [0.1, 0.15) is 6.92 Å². The molecule has 5 heteroatoms. The van der Waals surface area contributed by atoms with Gasteiger partial charge in [-0.15, -0.1) is 0 Å². The van der Waals surface area contributed by atoms with Gasteiger partial charge < -0.3 is 9.84 Å². The first-order valence-corrected chi connectivity index (χ1v) is 4.08.